The minimum Gasteiger partial charge on any atom is -0.450 e. The van der Waals surface area contributed by atoms with E-state index in [-0.39, 0.29) is 11.9 Å². The number of aryl methyl sites for hydroxylation is 1. The molecule has 2 aliphatic heterocycles. The number of furan rings is 1. The zero-order valence-electron chi connectivity index (χ0n) is 21.1. The van der Waals surface area contributed by atoms with Crippen LogP contribution in [-0.4, -0.2) is 77.9 Å². The molecule has 6 rings (SSSR count). The molecule has 1 atom stereocenters. The Morgan fingerprint density at radius 1 is 0.919 bits per heavy atom. The molecule has 0 N–H and O–H groups in total. The van der Waals surface area contributed by atoms with Crippen molar-refractivity contribution in [3.05, 3.63) is 70.6 Å². The number of nitroso groups, excluding NO2 is 1. The van der Waals surface area contributed by atoms with Crippen molar-refractivity contribution in [1.29, 1.82) is 0 Å². The van der Waals surface area contributed by atoms with Crippen LogP contribution in [0.4, 0.5) is 0 Å². The molecule has 0 bridgehead atoms. The largest absolute Gasteiger partial charge is 0.450 e. The maximum atomic E-state index is 13.5. The Hall–Kier alpha value is -3.36. The number of rotatable bonds is 7. The summed E-state index contributed by atoms with van der Waals surface area (Å²) in [5.74, 6) is 0.969. The first-order valence-electron chi connectivity index (χ1n) is 13.4. The molecule has 1 aliphatic carbocycles. The van der Waals surface area contributed by atoms with Crippen LogP contribution in [0.3, 0.4) is 0 Å². The van der Waals surface area contributed by atoms with E-state index in [0.29, 0.717) is 24.6 Å². The van der Waals surface area contributed by atoms with Crippen LogP contribution >= 0.6 is 0 Å². The van der Waals surface area contributed by atoms with Gasteiger partial charge < -0.3 is 14.2 Å². The average Bonchev–Trinajstić information content (AvgIpc) is 3.72. The van der Waals surface area contributed by atoms with Crippen LogP contribution in [0, 0.1) is 4.91 Å². The molecule has 1 amide bonds. The van der Waals surface area contributed by atoms with Crippen molar-refractivity contribution < 1.29 is 9.21 Å². The van der Waals surface area contributed by atoms with Gasteiger partial charge in [-0.1, -0.05) is 17.3 Å². The molecule has 0 saturated carbocycles. The number of hydrogen-bond acceptors (Lipinski definition) is 7. The van der Waals surface area contributed by atoms with Gasteiger partial charge >= 0.3 is 0 Å². The lowest BCUT2D eigenvalue weighted by atomic mass is 9.99. The molecule has 8 heteroatoms. The first-order chi connectivity index (χ1) is 18.2. The van der Waals surface area contributed by atoms with Gasteiger partial charge in [-0.05, 0) is 79.7 Å². The molecule has 1 aromatic carbocycles. The van der Waals surface area contributed by atoms with Crippen LogP contribution in [0.15, 0.2) is 58.4 Å². The van der Waals surface area contributed by atoms with Gasteiger partial charge in [0, 0.05) is 62.8 Å². The van der Waals surface area contributed by atoms with Crippen LogP contribution in [0.25, 0.3) is 22.5 Å². The van der Waals surface area contributed by atoms with Gasteiger partial charge in [0.05, 0.1) is 0 Å². The van der Waals surface area contributed by atoms with Gasteiger partial charge in [-0.3, -0.25) is 14.7 Å². The van der Waals surface area contributed by atoms with Crippen molar-refractivity contribution in [2.75, 3.05) is 52.4 Å². The van der Waals surface area contributed by atoms with E-state index in [1.807, 2.05) is 35.2 Å². The summed E-state index contributed by atoms with van der Waals surface area (Å²) in [5.41, 5.74) is 4.85. The number of fused-ring (bicyclic) bond motifs is 1. The molecule has 0 radical (unpaired) electrons. The third kappa shape index (κ3) is 4.95. The Bertz CT molecular complexity index is 1260. The molecule has 0 spiro atoms. The number of nitrogens with zero attached hydrogens (tertiary/aromatic N) is 5. The lowest BCUT2D eigenvalue weighted by Gasteiger charge is -2.35. The summed E-state index contributed by atoms with van der Waals surface area (Å²) >= 11 is 0. The zero-order chi connectivity index (χ0) is 25.2. The van der Waals surface area contributed by atoms with Crippen molar-refractivity contribution in [3.8, 4) is 22.5 Å². The highest BCUT2D eigenvalue weighted by atomic mass is 16.4. The van der Waals surface area contributed by atoms with Crippen LogP contribution < -0.4 is 0 Å². The average molecular weight is 500 g/mol. The lowest BCUT2D eigenvalue weighted by molar-refractivity contribution is 0.0597. The molecular weight excluding hydrogens is 466 g/mol. The highest BCUT2D eigenvalue weighted by Crippen LogP contribution is 2.40. The monoisotopic (exact) mass is 499 g/mol. The van der Waals surface area contributed by atoms with Gasteiger partial charge in [-0.2, -0.15) is 4.91 Å². The molecule has 192 valence electrons. The highest BCUT2D eigenvalue weighted by Gasteiger charge is 2.28. The summed E-state index contributed by atoms with van der Waals surface area (Å²) in [7, 11) is 0. The van der Waals surface area contributed by atoms with E-state index < -0.39 is 0 Å². The summed E-state index contributed by atoms with van der Waals surface area (Å²) in [6, 6.07) is 11.5. The third-order valence-corrected chi connectivity index (χ3v) is 8.10. The molecule has 3 aromatic rings. The molecule has 2 aromatic heterocycles. The SMILES string of the molecule is O=NC1CCc2cc(-c3oc(C(=O)N4CCN(CCN5CCCC5)CC4)cc3-c3ccncc3)ccc21. The highest BCUT2D eigenvalue weighted by molar-refractivity contribution is 5.95. The van der Waals surface area contributed by atoms with Crippen LogP contribution in [-0.2, 0) is 6.42 Å². The minimum atomic E-state index is -0.272. The Balaban J connectivity index is 1.21. The summed E-state index contributed by atoms with van der Waals surface area (Å²) < 4.78 is 6.31. The van der Waals surface area contributed by atoms with E-state index in [1.54, 1.807) is 12.4 Å². The molecule has 37 heavy (non-hydrogen) atoms. The number of piperazine rings is 1. The van der Waals surface area contributed by atoms with E-state index >= 15 is 0 Å². The number of aromatic nitrogens is 1. The van der Waals surface area contributed by atoms with Crippen molar-refractivity contribution >= 4 is 5.91 Å². The Labute approximate surface area is 217 Å². The summed E-state index contributed by atoms with van der Waals surface area (Å²) in [6.45, 7) is 7.82. The van der Waals surface area contributed by atoms with E-state index in [2.05, 4.69) is 26.0 Å². The Morgan fingerprint density at radius 2 is 1.65 bits per heavy atom. The van der Waals surface area contributed by atoms with Gasteiger partial charge in [0.2, 0.25) is 0 Å². The Kier molecular flexibility index (Phi) is 6.85. The molecule has 3 aliphatic rings. The quantitative estimate of drug-likeness (QED) is 0.442. The predicted molar refractivity (Wildman–Crippen MR) is 142 cm³/mol. The number of pyridine rings is 1. The normalized spacial score (nSPS) is 20.3. The molecule has 1 unspecified atom stereocenters. The van der Waals surface area contributed by atoms with Crippen LogP contribution in [0.1, 0.15) is 47.0 Å². The fraction of sp³-hybridized carbons (Fsp3) is 0.448. The second-order valence-electron chi connectivity index (χ2n) is 10.3. The van der Waals surface area contributed by atoms with Gasteiger partial charge in [0.1, 0.15) is 11.8 Å². The van der Waals surface area contributed by atoms with Gasteiger partial charge in [-0.25, -0.2) is 0 Å². The van der Waals surface area contributed by atoms with Gasteiger partial charge in [0.25, 0.3) is 5.91 Å². The van der Waals surface area contributed by atoms with E-state index in [4.69, 9.17) is 4.42 Å². The fourth-order valence-electron chi connectivity index (χ4n) is 5.92. The second-order valence-corrected chi connectivity index (χ2v) is 10.3. The van der Waals surface area contributed by atoms with Crippen molar-refractivity contribution in [1.82, 2.24) is 19.7 Å². The van der Waals surface area contributed by atoms with Gasteiger partial charge in [0.15, 0.2) is 5.76 Å². The molecular formula is C29H33N5O3. The second kappa shape index (κ2) is 10.6. The van der Waals surface area contributed by atoms with E-state index in [1.165, 1.54) is 25.9 Å². The smallest absolute Gasteiger partial charge is 0.289 e. The van der Waals surface area contributed by atoms with Crippen LogP contribution in [0.5, 0.6) is 0 Å². The number of benzene rings is 1. The van der Waals surface area contributed by atoms with Crippen LogP contribution in [0.2, 0.25) is 0 Å². The summed E-state index contributed by atoms with van der Waals surface area (Å²) in [6.07, 6.45) is 7.69. The molecule has 2 fully saturated rings. The number of hydrogen-bond donors (Lipinski definition) is 0. The lowest BCUT2D eigenvalue weighted by Crippen LogP contribution is -2.50. The molecule has 2 saturated heterocycles. The maximum Gasteiger partial charge on any atom is 0.289 e. The van der Waals surface area contributed by atoms with Crippen molar-refractivity contribution in [2.45, 2.75) is 31.7 Å². The van der Waals surface area contributed by atoms with E-state index in [9.17, 15) is 9.70 Å². The van der Waals surface area contributed by atoms with E-state index in [0.717, 1.165) is 66.8 Å². The number of likely N-dealkylation sites (tertiary alicyclic amines) is 1. The first-order valence-corrected chi connectivity index (χ1v) is 13.4. The fourth-order valence-corrected chi connectivity index (χ4v) is 5.92. The minimum absolute atomic E-state index is 0.0628. The number of carbonyl (C=O) groups is 1. The maximum absolute atomic E-state index is 13.5. The number of amides is 1. The standard InChI is InChI=1S/C29H33N5O3/c35-29(34-17-15-33(16-18-34)14-13-32-11-1-2-12-32)27-20-25(21-7-9-30-10-8-21)28(37-27)23-3-5-24-22(19-23)4-6-26(24)31-36/h3,5,7-10,19-20,26H,1-2,4,6,11-18H2. The topological polar surface area (TPSA) is 82.2 Å². The van der Waals surface area contributed by atoms with Gasteiger partial charge in [-0.15, -0.1) is 0 Å². The summed E-state index contributed by atoms with van der Waals surface area (Å²) in [4.78, 5) is 35.8. The number of carbonyl (C=O) groups excluding carboxylic acids is 1. The molecule has 8 nitrogen and oxygen atoms in total. The summed E-state index contributed by atoms with van der Waals surface area (Å²) in [5, 5.41) is 3.28. The van der Waals surface area contributed by atoms with Crippen molar-refractivity contribution in [2.24, 2.45) is 5.18 Å². The van der Waals surface area contributed by atoms with Crippen molar-refractivity contribution in [3.63, 3.8) is 0 Å². The third-order valence-electron chi connectivity index (χ3n) is 8.10. The Morgan fingerprint density at radius 3 is 2.38 bits per heavy atom. The zero-order valence-corrected chi connectivity index (χ0v) is 21.1. The molecule has 4 heterocycles. The predicted octanol–water partition coefficient (Wildman–Crippen LogP) is 4.62. The first kappa shape index (κ1) is 24.0.